The molecule has 0 unspecified atom stereocenters. The first-order valence-corrected chi connectivity index (χ1v) is 12.3. The highest BCUT2D eigenvalue weighted by molar-refractivity contribution is 7.99. The fourth-order valence-electron chi connectivity index (χ4n) is 4.33. The van der Waals surface area contributed by atoms with Crippen molar-refractivity contribution in [1.82, 2.24) is 25.0 Å². The van der Waals surface area contributed by atoms with E-state index in [1.54, 1.807) is 26.0 Å². The quantitative estimate of drug-likeness (QED) is 0.230. The minimum atomic E-state index is -3.40. The Hall–Kier alpha value is -2.38. The number of hydrogen-bond donors (Lipinski definition) is 4. The number of anilines is 1. The van der Waals surface area contributed by atoms with Crippen LogP contribution in [0.5, 0.6) is 0 Å². The number of benzene rings is 1. The maximum atomic E-state index is 14.2. The topological polar surface area (TPSA) is 138 Å². The molecule has 0 radical (unpaired) electrons. The van der Waals surface area contributed by atoms with Crippen molar-refractivity contribution in [2.75, 3.05) is 24.1 Å². The Bertz CT molecular complexity index is 1530. The lowest BCUT2D eigenvalue weighted by atomic mass is 10.1. The zero-order valence-corrected chi connectivity index (χ0v) is 20.3. The summed E-state index contributed by atoms with van der Waals surface area (Å²) >= 11 is 0.725. The van der Waals surface area contributed by atoms with Gasteiger partial charge in [0.2, 0.25) is 0 Å². The lowest BCUT2D eigenvalue weighted by Crippen LogP contribution is -2.33. The lowest BCUT2D eigenvalue weighted by Gasteiger charge is -2.17. The average molecular weight is 526 g/mol. The number of aryl methyl sites for hydroxylation is 1. The van der Waals surface area contributed by atoms with Gasteiger partial charge in [-0.2, -0.15) is 0 Å². The molecule has 2 fully saturated rings. The Labute approximate surface area is 222 Å². The van der Waals surface area contributed by atoms with Crippen molar-refractivity contribution in [3.8, 4) is 0 Å². The van der Waals surface area contributed by atoms with Crippen LogP contribution in [0.2, 0.25) is 0 Å². The standard InChI is InChI=1S/C24H31FN6O4S/c1-3-8-36-24-27-22(26-16-10-14(16)13-5-4-12(2)15(25)9-13)19-23(28-24)31(30-29-19)17-11-18(35-7-6-32)21(34)20(17)33/h4-5,9,14,16-18,20-21,32-34H,3,6-8,10-11H2,1-2H3,(H,26,27,28)/t14-,16+,17+,18-,20-,21+/m0/s1/i6D2,7D2,8D2,16D. The Morgan fingerprint density at radius 1 is 1.31 bits per heavy atom. The first-order chi connectivity index (χ1) is 19.9. The summed E-state index contributed by atoms with van der Waals surface area (Å²) in [5.74, 6) is -0.711. The summed E-state index contributed by atoms with van der Waals surface area (Å²) in [6.07, 6.45) is -4.56. The van der Waals surface area contributed by atoms with E-state index in [2.05, 4.69) is 25.6 Å². The summed E-state index contributed by atoms with van der Waals surface area (Å²) in [6.45, 7) is -3.32. The molecule has 0 saturated heterocycles. The van der Waals surface area contributed by atoms with E-state index in [4.69, 9.17) is 14.3 Å². The smallest absolute Gasteiger partial charge is 0.191 e. The van der Waals surface area contributed by atoms with E-state index in [0.29, 0.717) is 17.5 Å². The molecular formula is C24H31FN6O4S. The Morgan fingerprint density at radius 2 is 2.14 bits per heavy atom. The van der Waals surface area contributed by atoms with Crippen LogP contribution in [0.3, 0.4) is 0 Å². The number of rotatable bonds is 10. The fourth-order valence-corrected chi connectivity index (χ4v) is 4.87. The molecule has 194 valence electrons. The van der Waals surface area contributed by atoms with Crippen LogP contribution in [0, 0.1) is 12.7 Å². The molecule has 2 aliphatic rings. The van der Waals surface area contributed by atoms with Crippen LogP contribution in [0.1, 0.15) is 58.9 Å². The van der Waals surface area contributed by atoms with Gasteiger partial charge in [0.1, 0.15) is 18.0 Å². The molecule has 2 aliphatic carbocycles. The molecule has 10 nitrogen and oxygen atoms in total. The number of fused-ring (bicyclic) bond motifs is 1. The molecule has 0 bridgehead atoms. The van der Waals surface area contributed by atoms with Crippen molar-refractivity contribution in [2.45, 2.75) is 74.6 Å². The number of aliphatic hydroxyl groups excluding tert-OH is 2. The third-order valence-electron chi connectivity index (χ3n) is 6.34. The highest BCUT2D eigenvalue weighted by Gasteiger charge is 2.45. The van der Waals surface area contributed by atoms with E-state index in [1.165, 1.54) is 6.07 Å². The maximum Gasteiger partial charge on any atom is 0.191 e. The molecule has 3 aromatic rings. The largest absolute Gasteiger partial charge is 0.394 e. The SMILES string of the molecule is [2H]C([2H])(CC)Sc1nc(N[C@]2([2H])C[C@H]2c2ccc(C)c(F)c2)c2nnn([C@@H]3C[C@H](OC([2H])([2H])C([2H])([2H])O)[C@@H](O)[C@H]3O)c2n1. The molecule has 12 heteroatoms. The summed E-state index contributed by atoms with van der Waals surface area (Å²) in [7, 11) is 0. The Kier molecular flexibility index (Phi) is 5.26. The number of halogens is 1. The minimum Gasteiger partial charge on any atom is -0.394 e. The van der Waals surface area contributed by atoms with Crippen LogP contribution >= 0.6 is 11.8 Å². The number of hydrogen-bond acceptors (Lipinski definition) is 10. The van der Waals surface area contributed by atoms with Gasteiger partial charge in [-0.1, -0.05) is 36.0 Å². The molecule has 0 aliphatic heterocycles. The summed E-state index contributed by atoms with van der Waals surface area (Å²) in [5, 5.41) is 42.1. The van der Waals surface area contributed by atoms with Gasteiger partial charge in [-0.05, 0) is 37.0 Å². The van der Waals surface area contributed by atoms with Gasteiger partial charge in [0.05, 0.1) is 32.1 Å². The Morgan fingerprint density at radius 3 is 2.89 bits per heavy atom. The molecule has 1 aromatic carbocycles. The molecular weight excluding hydrogens is 487 g/mol. The van der Waals surface area contributed by atoms with Gasteiger partial charge in [0.25, 0.3) is 0 Å². The van der Waals surface area contributed by atoms with Crippen molar-refractivity contribution in [3.05, 3.63) is 35.1 Å². The number of nitrogens with one attached hydrogen (secondary N) is 1. The van der Waals surface area contributed by atoms with Crippen LogP contribution < -0.4 is 5.32 Å². The maximum absolute atomic E-state index is 14.2. The summed E-state index contributed by atoms with van der Waals surface area (Å²) in [4.78, 5) is 8.83. The number of nitrogens with zero attached hydrogens (tertiary/aromatic N) is 5. The molecule has 5 rings (SSSR count). The van der Waals surface area contributed by atoms with Crippen molar-refractivity contribution in [3.63, 3.8) is 0 Å². The summed E-state index contributed by atoms with van der Waals surface area (Å²) in [5.41, 5.74) is -0.571. The van der Waals surface area contributed by atoms with E-state index in [1.807, 2.05) is 0 Å². The molecule has 6 atom stereocenters. The fraction of sp³-hybridized carbons (Fsp3) is 0.583. The predicted molar refractivity (Wildman–Crippen MR) is 133 cm³/mol. The van der Waals surface area contributed by atoms with E-state index < -0.39 is 49.2 Å². The van der Waals surface area contributed by atoms with E-state index >= 15 is 0 Å². The molecule has 0 spiro atoms. The van der Waals surface area contributed by atoms with Crippen LogP contribution in [-0.2, 0) is 4.74 Å². The van der Waals surface area contributed by atoms with Gasteiger partial charge in [0, 0.05) is 26.8 Å². The zero-order valence-electron chi connectivity index (χ0n) is 26.5. The third-order valence-corrected chi connectivity index (χ3v) is 7.14. The van der Waals surface area contributed by atoms with Crippen LogP contribution in [0.4, 0.5) is 10.2 Å². The second-order valence-corrected chi connectivity index (χ2v) is 9.59. The highest BCUT2D eigenvalue weighted by Crippen LogP contribution is 2.44. The van der Waals surface area contributed by atoms with Gasteiger partial charge in [-0.3, -0.25) is 0 Å². The molecule has 2 heterocycles. The van der Waals surface area contributed by atoms with Crippen molar-refractivity contribution < 1.29 is 34.0 Å². The van der Waals surface area contributed by atoms with E-state index in [9.17, 15) is 19.7 Å². The first-order valence-electron chi connectivity index (χ1n) is 15.0. The second kappa shape index (κ2) is 10.5. The summed E-state index contributed by atoms with van der Waals surface area (Å²) in [6, 6.07) is 2.38. The van der Waals surface area contributed by atoms with Gasteiger partial charge in [0.15, 0.2) is 22.1 Å². The van der Waals surface area contributed by atoms with Crippen molar-refractivity contribution in [1.29, 1.82) is 0 Å². The highest BCUT2D eigenvalue weighted by atomic mass is 32.2. The van der Waals surface area contributed by atoms with Gasteiger partial charge in [-0.25, -0.2) is 19.0 Å². The van der Waals surface area contributed by atoms with Crippen molar-refractivity contribution in [2.24, 2.45) is 0 Å². The molecule has 36 heavy (non-hydrogen) atoms. The monoisotopic (exact) mass is 525 g/mol. The van der Waals surface area contributed by atoms with Gasteiger partial charge < -0.3 is 25.4 Å². The molecule has 0 amide bonds. The lowest BCUT2D eigenvalue weighted by molar-refractivity contribution is -0.0629. The number of aliphatic hydroxyl groups is 3. The van der Waals surface area contributed by atoms with Crippen molar-refractivity contribution >= 4 is 28.7 Å². The average Bonchev–Trinajstić information content (AvgIpc) is 3.25. The molecule has 2 saturated carbocycles. The van der Waals surface area contributed by atoms with Crippen LogP contribution in [0.25, 0.3) is 11.2 Å². The Balaban J connectivity index is 1.49. The van der Waals surface area contributed by atoms with E-state index in [0.717, 1.165) is 16.4 Å². The molecule has 2 aromatic heterocycles. The minimum absolute atomic E-state index is 0.0199. The third kappa shape index (κ3) is 4.92. The van der Waals surface area contributed by atoms with Gasteiger partial charge in [-0.15, -0.1) is 5.10 Å². The zero-order chi connectivity index (χ0) is 31.7. The molecule has 4 N–H and O–H groups in total. The first kappa shape index (κ1) is 18.0. The number of thioether (sulfide) groups is 1. The number of ether oxygens (including phenoxy) is 1. The van der Waals surface area contributed by atoms with Crippen LogP contribution in [-0.4, -0.2) is 83.4 Å². The van der Waals surface area contributed by atoms with E-state index in [-0.39, 0.29) is 46.7 Å². The normalized spacial score (nSPS) is 33.7. The second-order valence-electron chi connectivity index (χ2n) is 8.73. The number of aromatic nitrogens is 5. The van der Waals surface area contributed by atoms with Crippen LogP contribution in [0.15, 0.2) is 23.4 Å². The predicted octanol–water partition coefficient (Wildman–Crippen LogP) is 2.18. The summed E-state index contributed by atoms with van der Waals surface area (Å²) < 4.78 is 75.7. The van der Waals surface area contributed by atoms with Gasteiger partial charge >= 0.3 is 0 Å².